The number of hydrogen-bond acceptors (Lipinski definition) is 3. The van der Waals surface area contributed by atoms with Crippen molar-refractivity contribution in [2.24, 2.45) is 0 Å². The van der Waals surface area contributed by atoms with Crippen LogP contribution < -0.4 is 0 Å². The van der Waals surface area contributed by atoms with Crippen molar-refractivity contribution in [2.75, 3.05) is 0 Å². The summed E-state index contributed by atoms with van der Waals surface area (Å²) in [5, 5.41) is 31.9. The third kappa shape index (κ3) is 2.55. The summed E-state index contributed by atoms with van der Waals surface area (Å²) in [5.41, 5.74) is 0.291. The standard InChI is InChI=1S/C21H12O6/c22-19(23)10-1-4-13-16(7-10)14-5-2-12(21(26)27)9-18(14)15-6-3-11(20(24)25)8-17(13)15/h1-9H,(H,22,23)(H,24,25)(H,26,27). The zero-order chi connectivity index (χ0) is 19.3. The summed E-state index contributed by atoms with van der Waals surface area (Å²) in [6.07, 6.45) is 0. The maximum atomic E-state index is 11.4. The van der Waals surface area contributed by atoms with Gasteiger partial charge < -0.3 is 15.3 Å². The van der Waals surface area contributed by atoms with Crippen LogP contribution in [0, 0.1) is 0 Å². The van der Waals surface area contributed by atoms with Crippen molar-refractivity contribution >= 4 is 50.2 Å². The van der Waals surface area contributed by atoms with E-state index in [4.69, 9.17) is 0 Å². The number of aromatic carboxylic acids is 3. The predicted molar refractivity (Wildman–Crippen MR) is 99.8 cm³/mol. The van der Waals surface area contributed by atoms with Gasteiger partial charge in [0.2, 0.25) is 0 Å². The molecule has 6 nitrogen and oxygen atoms in total. The predicted octanol–water partition coefficient (Wildman–Crippen LogP) is 4.24. The van der Waals surface area contributed by atoms with Crippen LogP contribution in [-0.2, 0) is 0 Å². The molecule has 0 aliphatic carbocycles. The largest absolute Gasteiger partial charge is 0.478 e. The zero-order valence-corrected chi connectivity index (χ0v) is 13.8. The van der Waals surface area contributed by atoms with Crippen LogP contribution in [0.15, 0.2) is 54.6 Å². The van der Waals surface area contributed by atoms with Gasteiger partial charge in [0.15, 0.2) is 0 Å². The molecule has 0 fully saturated rings. The second-order valence-electron chi connectivity index (χ2n) is 6.20. The molecule has 4 aromatic carbocycles. The molecular weight excluding hydrogens is 348 g/mol. The molecule has 0 aliphatic heterocycles. The number of hydrogen-bond donors (Lipinski definition) is 3. The molecule has 6 heteroatoms. The lowest BCUT2D eigenvalue weighted by Crippen LogP contribution is -1.99. The molecule has 4 rings (SSSR count). The maximum absolute atomic E-state index is 11.4. The molecule has 0 bridgehead atoms. The first-order valence-electron chi connectivity index (χ1n) is 8.00. The van der Waals surface area contributed by atoms with Crippen LogP contribution in [0.5, 0.6) is 0 Å². The lowest BCUT2D eigenvalue weighted by molar-refractivity contribution is 0.0686. The highest BCUT2D eigenvalue weighted by atomic mass is 16.4. The molecule has 27 heavy (non-hydrogen) atoms. The monoisotopic (exact) mass is 360 g/mol. The Hall–Kier alpha value is -3.93. The second-order valence-corrected chi connectivity index (χ2v) is 6.20. The molecule has 0 amide bonds. The van der Waals surface area contributed by atoms with Crippen molar-refractivity contribution in [3.8, 4) is 0 Å². The van der Waals surface area contributed by atoms with E-state index in [-0.39, 0.29) is 16.7 Å². The van der Waals surface area contributed by atoms with E-state index in [1.807, 2.05) is 0 Å². The summed E-state index contributed by atoms with van der Waals surface area (Å²) in [4.78, 5) is 34.1. The summed E-state index contributed by atoms with van der Waals surface area (Å²) in [5.74, 6) is -3.23. The van der Waals surface area contributed by atoms with E-state index in [2.05, 4.69) is 0 Å². The quantitative estimate of drug-likeness (QED) is 0.471. The van der Waals surface area contributed by atoms with Crippen LogP contribution in [0.1, 0.15) is 31.1 Å². The van der Waals surface area contributed by atoms with Crippen molar-refractivity contribution in [3.63, 3.8) is 0 Å². The van der Waals surface area contributed by atoms with E-state index >= 15 is 0 Å². The summed E-state index contributed by atoms with van der Waals surface area (Å²) in [7, 11) is 0. The highest BCUT2D eigenvalue weighted by Gasteiger charge is 2.15. The van der Waals surface area contributed by atoms with Crippen molar-refractivity contribution in [2.45, 2.75) is 0 Å². The number of fused-ring (bicyclic) bond motifs is 6. The van der Waals surface area contributed by atoms with E-state index in [0.717, 1.165) is 0 Å². The average molecular weight is 360 g/mol. The number of carboxylic acids is 3. The van der Waals surface area contributed by atoms with Gasteiger partial charge in [-0.1, -0.05) is 18.2 Å². The van der Waals surface area contributed by atoms with Gasteiger partial charge in [0.25, 0.3) is 0 Å². The number of rotatable bonds is 3. The third-order valence-electron chi connectivity index (χ3n) is 4.67. The first kappa shape index (κ1) is 16.5. The molecule has 0 saturated heterocycles. The minimum absolute atomic E-state index is 0.0971. The maximum Gasteiger partial charge on any atom is 0.335 e. The van der Waals surface area contributed by atoms with Gasteiger partial charge in [-0.05, 0) is 68.7 Å². The van der Waals surface area contributed by atoms with E-state index in [9.17, 15) is 29.7 Å². The molecule has 132 valence electrons. The molecule has 0 unspecified atom stereocenters. The van der Waals surface area contributed by atoms with Crippen molar-refractivity contribution in [1.29, 1.82) is 0 Å². The molecule has 3 N–H and O–H groups in total. The van der Waals surface area contributed by atoms with Gasteiger partial charge in [-0.25, -0.2) is 14.4 Å². The lowest BCUT2D eigenvalue weighted by Gasteiger charge is -2.12. The molecule has 0 heterocycles. The Morgan fingerprint density at radius 1 is 0.444 bits per heavy atom. The van der Waals surface area contributed by atoms with Gasteiger partial charge in [-0.3, -0.25) is 0 Å². The summed E-state index contributed by atoms with van der Waals surface area (Å²) >= 11 is 0. The minimum Gasteiger partial charge on any atom is -0.478 e. The number of benzene rings is 4. The summed E-state index contributed by atoms with van der Waals surface area (Å²) in [6, 6.07) is 13.9. The highest BCUT2D eigenvalue weighted by molar-refractivity contribution is 6.27. The van der Waals surface area contributed by atoms with Crippen LogP contribution in [0.4, 0.5) is 0 Å². The molecule has 0 aliphatic rings. The number of carboxylic acid groups (broad SMARTS) is 3. The van der Waals surface area contributed by atoms with Gasteiger partial charge in [0.1, 0.15) is 0 Å². The smallest absolute Gasteiger partial charge is 0.335 e. The van der Waals surface area contributed by atoms with Crippen LogP contribution in [-0.4, -0.2) is 33.2 Å². The van der Waals surface area contributed by atoms with Crippen molar-refractivity contribution in [1.82, 2.24) is 0 Å². The number of carbonyl (C=O) groups is 3. The Morgan fingerprint density at radius 3 is 0.926 bits per heavy atom. The van der Waals surface area contributed by atoms with Crippen LogP contribution in [0.2, 0.25) is 0 Å². The lowest BCUT2D eigenvalue weighted by atomic mass is 9.91. The first-order chi connectivity index (χ1) is 12.9. The third-order valence-corrected chi connectivity index (χ3v) is 4.67. The van der Waals surface area contributed by atoms with Crippen molar-refractivity contribution in [3.05, 3.63) is 71.3 Å². The normalized spacial score (nSPS) is 11.1. The van der Waals surface area contributed by atoms with Gasteiger partial charge >= 0.3 is 17.9 Å². The zero-order valence-electron chi connectivity index (χ0n) is 13.8. The van der Waals surface area contributed by atoms with Gasteiger partial charge in [0, 0.05) is 0 Å². The SMILES string of the molecule is O=C(O)c1ccc2c(c1)c1ccc(C(=O)O)cc1c1ccc(C(=O)O)cc21. The van der Waals surface area contributed by atoms with Crippen LogP contribution in [0.25, 0.3) is 32.3 Å². The van der Waals surface area contributed by atoms with Crippen LogP contribution >= 0.6 is 0 Å². The molecule has 0 aromatic heterocycles. The van der Waals surface area contributed by atoms with Crippen molar-refractivity contribution < 1.29 is 29.7 Å². The average Bonchev–Trinajstić information content (AvgIpc) is 2.66. The summed E-state index contributed by atoms with van der Waals surface area (Å²) in [6.45, 7) is 0. The minimum atomic E-state index is -1.08. The van der Waals surface area contributed by atoms with E-state index in [0.29, 0.717) is 32.3 Å². The Kier molecular flexibility index (Phi) is 3.56. The fraction of sp³-hybridized carbons (Fsp3) is 0. The van der Waals surface area contributed by atoms with Gasteiger partial charge in [0.05, 0.1) is 16.7 Å². The Bertz CT molecular complexity index is 1110. The molecule has 0 radical (unpaired) electrons. The molecule has 4 aromatic rings. The summed E-state index contributed by atoms with van der Waals surface area (Å²) < 4.78 is 0. The van der Waals surface area contributed by atoms with Crippen LogP contribution in [0.3, 0.4) is 0 Å². The molecule has 0 saturated carbocycles. The topological polar surface area (TPSA) is 112 Å². The van der Waals surface area contributed by atoms with Gasteiger partial charge in [-0.2, -0.15) is 0 Å². The first-order valence-corrected chi connectivity index (χ1v) is 8.00. The Morgan fingerprint density at radius 2 is 0.704 bits per heavy atom. The molecule has 0 atom stereocenters. The molecular formula is C21H12O6. The fourth-order valence-corrected chi connectivity index (χ4v) is 3.40. The highest BCUT2D eigenvalue weighted by Crippen LogP contribution is 2.36. The molecule has 0 spiro atoms. The van der Waals surface area contributed by atoms with E-state index in [1.165, 1.54) is 36.4 Å². The van der Waals surface area contributed by atoms with Gasteiger partial charge in [-0.15, -0.1) is 0 Å². The van der Waals surface area contributed by atoms with E-state index < -0.39 is 17.9 Å². The Labute approximate surface area is 151 Å². The fourth-order valence-electron chi connectivity index (χ4n) is 3.40. The van der Waals surface area contributed by atoms with E-state index in [1.54, 1.807) is 18.2 Å². The Balaban J connectivity index is 2.25. The second kappa shape index (κ2) is 5.81.